The molecule has 1 aliphatic carbocycles. The third-order valence-electron chi connectivity index (χ3n) is 5.78. The first-order valence-electron chi connectivity index (χ1n) is 11.2. The van der Waals surface area contributed by atoms with Crippen molar-refractivity contribution in [3.63, 3.8) is 0 Å². The maximum atomic E-state index is 13.2. The minimum atomic E-state index is -4.49. The van der Waals surface area contributed by atoms with Crippen molar-refractivity contribution in [3.8, 4) is 0 Å². The first kappa shape index (κ1) is 24.9. The number of benzene rings is 1. The van der Waals surface area contributed by atoms with Crippen LogP contribution in [0.25, 0.3) is 0 Å². The van der Waals surface area contributed by atoms with Crippen LogP contribution in [0.5, 0.6) is 0 Å². The van der Waals surface area contributed by atoms with Crippen LogP contribution in [0.15, 0.2) is 46.8 Å². The van der Waals surface area contributed by atoms with Crippen molar-refractivity contribution in [2.45, 2.75) is 78.1 Å². The Labute approximate surface area is 192 Å². The van der Waals surface area contributed by atoms with Crippen LogP contribution >= 0.6 is 0 Å². The number of esters is 2. The van der Waals surface area contributed by atoms with Gasteiger partial charge in [0.1, 0.15) is 0 Å². The zero-order valence-electron chi connectivity index (χ0n) is 19.6. The van der Waals surface area contributed by atoms with Gasteiger partial charge in [0, 0.05) is 17.4 Å². The van der Waals surface area contributed by atoms with Gasteiger partial charge in [-0.25, -0.2) is 9.59 Å². The molecule has 0 N–H and O–H groups in total. The molecule has 1 aliphatic heterocycles. The second kappa shape index (κ2) is 9.61. The maximum Gasteiger partial charge on any atom is 0.416 e. The number of ether oxygens (including phenoxy) is 2. The summed E-state index contributed by atoms with van der Waals surface area (Å²) in [7, 11) is 0. The van der Waals surface area contributed by atoms with Gasteiger partial charge in [-0.2, -0.15) is 13.2 Å². The van der Waals surface area contributed by atoms with Gasteiger partial charge in [0.05, 0.1) is 35.3 Å². The first-order valence-corrected chi connectivity index (χ1v) is 11.2. The summed E-state index contributed by atoms with van der Waals surface area (Å²) in [6, 6.07) is 4.73. The van der Waals surface area contributed by atoms with E-state index in [1.165, 1.54) is 12.1 Å². The number of carbonyl (C=O) groups is 2. The molecular weight excluding hydrogens is 435 g/mol. The SMILES string of the molecule is CCCOC(=O)C1=C(C)N(C2CC2)C(C)=C(C(=O)OC(C)C)C1c1ccc(C(F)(F)F)cc1. The molecule has 0 saturated heterocycles. The average Bonchev–Trinajstić information content (AvgIpc) is 3.55. The molecule has 1 fully saturated rings. The molecule has 3 rings (SSSR count). The highest BCUT2D eigenvalue weighted by Gasteiger charge is 2.44. The standard InChI is InChI=1S/C25H30F3NO4/c1-6-13-32-23(30)20-15(4)29(19-11-12-19)16(5)21(24(31)33-14(2)3)22(20)17-7-9-18(10-8-17)25(26,27)28/h7-10,14,19,22H,6,11-13H2,1-5H3. The molecule has 5 nitrogen and oxygen atoms in total. The van der Waals surface area contributed by atoms with Crippen molar-refractivity contribution in [1.29, 1.82) is 0 Å². The Kier molecular flexibility index (Phi) is 7.24. The van der Waals surface area contributed by atoms with Gasteiger partial charge in [-0.15, -0.1) is 0 Å². The van der Waals surface area contributed by atoms with E-state index in [-0.39, 0.29) is 23.8 Å². The van der Waals surface area contributed by atoms with Gasteiger partial charge in [-0.05, 0) is 64.7 Å². The van der Waals surface area contributed by atoms with Crippen molar-refractivity contribution >= 4 is 11.9 Å². The lowest BCUT2D eigenvalue weighted by atomic mass is 9.79. The molecule has 0 amide bonds. The fourth-order valence-electron chi connectivity index (χ4n) is 4.23. The molecule has 0 bridgehead atoms. The zero-order chi connectivity index (χ0) is 24.5. The molecule has 8 heteroatoms. The van der Waals surface area contributed by atoms with Crippen molar-refractivity contribution < 1.29 is 32.2 Å². The third-order valence-corrected chi connectivity index (χ3v) is 5.78. The molecule has 33 heavy (non-hydrogen) atoms. The highest BCUT2D eigenvalue weighted by molar-refractivity contribution is 6.00. The maximum absolute atomic E-state index is 13.2. The number of nitrogens with zero attached hydrogens (tertiary/aromatic N) is 1. The molecule has 1 saturated carbocycles. The molecule has 1 heterocycles. The van der Waals surface area contributed by atoms with E-state index in [9.17, 15) is 22.8 Å². The van der Waals surface area contributed by atoms with E-state index in [4.69, 9.17) is 9.47 Å². The van der Waals surface area contributed by atoms with Crippen LogP contribution in [-0.4, -0.2) is 35.6 Å². The largest absolute Gasteiger partial charge is 0.462 e. The second-order valence-electron chi connectivity index (χ2n) is 8.74. The van der Waals surface area contributed by atoms with Crippen LogP contribution in [0, 0.1) is 0 Å². The summed E-state index contributed by atoms with van der Waals surface area (Å²) in [6.07, 6.45) is -2.43. The van der Waals surface area contributed by atoms with Gasteiger partial charge in [-0.1, -0.05) is 19.1 Å². The summed E-state index contributed by atoms with van der Waals surface area (Å²) in [5.41, 5.74) is 1.42. The lowest BCUT2D eigenvalue weighted by molar-refractivity contribution is -0.143. The molecule has 0 spiro atoms. The van der Waals surface area contributed by atoms with Gasteiger partial charge in [0.2, 0.25) is 0 Å². The monoisotopic (exact) mass is 465 g/mol. The van der Waals surface area contributed by atoms with Gasteiger partial charge in [0.25, 0.3) is 0 Å². The molecular formula is C25H30F3NO4. The first-order chi connectivity index (χ1) is 15.5. The number of halogens is 3. The molecule has 1 aromatic rings. The van der Waals surface area contributed by atoms with E-state index >= 15 is 0 Å². The smallest absolute Gasteiger partial charge is 0.416 e. The van der Waals surface area contributed by atoms with Crippen LogP contribution in [0.4, 0.5) is 13.2 Å². The number of hydrogen-bond acceptors (Lipinski definition) is 5. The fraction of sp³-hybridized carbons (Fsp3) is 0.520. The van der Waals surface area contributed by atoms with Crippen LogP contribution in [0.1, 0.15) is 70.9 Å². The van der Waals surface area contributed by atoms with Crippen LogP contribution in [-0.2, 0) is 25.2 Å². The highest BCUT2D eigenvalue weighted by Crippen LogP contribution is 2.47. The Morgan fingerprint density at radius 1 is 1.03 bits per heavy atom. The molecule has 1 atom stereocenters. The van der Waals surface area contributed by atoms with E-state index < -0.39 is 35.7 Å². The molecule has 0 aromatic heterocycles. The second-order valence-corrected chi connectivity index (χ2v) is 8.74. The van der Waals surface area contributed by atoms with E-state index in [1.54, 1.807) is 27.7 Å². The van der Waals surface area contributed by atoms with Crippen molar-refractivity contribution in [2.75, 3.05) is 6.61 Å². The van der Waals surface area contributed by atoms with Gasteiger partial charge < -0.3 is 14.4 Å². The van der Waals surface area contributed by atoms with Crippen molar-refractivity contribution in [3.05, 3.63) is 57.9 Å². The predicted octanol–water partition coefficient (Wildman–Crippen LogP) is 5.72. The summed E-state index contributed by atoms with van der Waals surface area (Å²) >= 11 is 0. The minimum Gasteiger partial charge on any atom is -0.462 e. The Balaban J connectivity index is 2.19. The van der Waals surface area contributed by atoms with E-state index in [2.05, 4.69) is 0 Å². The van der Waals surface area contributed by atoms with Crippen molar-refractivity contribution in [2.24, 2.45) is 0 Å². The Hall–Kier alpha value is -2.77. The molecule has 2 aliphatic rings. The average molecular weight is 466 g/mol. The number of alkyl halides is 3. The van der Waals surface area contributed by atoms with E-state index in [1.807, 2.05) is 11.8 Å². The summed E-state index contributed by atoms with van der Waals surface area (Å²) in [4.78, 5) is 28.4. The normalized spacial score (nSPS) is 19.3. The molecule has 1 unspecified atom stereocenters. The van der Waals surface area contributed by atoms with E-state index in [0.29, 0.717) is 23.4 Å². The quantitative estimate of drug-likeness (QED) is 0.482. The van der Waals surface area contributed by atoms with Crippen LogP contribution < -0.4 is 0 Å². The number of allylic oxidation sites excluding steroid dienone is 2. The van der Waals surface area contributed by atoms with Crippen LogP contribution in [0.2, 0.25) is 0 Å². The van der Waals surface area contributed by atoms with Crippen molar-refractivity contribution in [1.82, 2.24) is 4.90 Å². The highest BCUT2D eigenvalue weighted by atomic mass is 19.4. The zero-order valence-corrected chi connectivity index (χ0v) is 19.6. The molecule has 1 aromatic carbocycles. The minimum absolute atomic E-state index is 0.161. The Bertz CT molecular complexity index is 972. The molecule has 180 valence electrons. The summed E-state index contributed by atoms with van der Waals surface area (Å²) in [6.45, 7) is 9.11. The predicted molar refractivity (Wildman–Crippen MR) is 117 cm³/mol. The summed E-state index contributed by atoms with van der Waals surface area (Å²) < 4.78 is 50.4. The Morgan fingerprint density at radius 2 is 1.58 bits per heavy atom. The fourth-order valence-corrected chi connectivity index (χ4v) is 4.23. The summed E-state index contributed by atoms with van der Waals surface area (Å²) in [5.74, 6) is -2.06. The Morgan fingerprint density at radius 3 is 2.03 bits per heavy atom. The van der Waals surface area contributed by atoms with E-state index in [0.717, 1.165) is 25.0 Å². The molecule has 0 radical (unpaired) electrons. The summed E-state index contributed by atoms with van der Waals surface area (Å²) in [5, 5.41) is 0. The topological polar surface area (TPSA) is 55.8 Å². The lowest BCUT2D eigenvalue weighted by Gasteiger charge is -2.38. The van der Waals surface area contributed by atoms with Gasteiger partial charge >= 0.3 is 18.1 Å². The number of hydrogen-bond donors (Lipinski definition) is 0. The lowest BCUT2D eigenvalue weighted by Crippen LogP contribution is -2.37. The third kappa shape index (κ3) is 5.25. The van der Waals surface area contributed by atoms with Gasteiger partial charge in [0.15, 0.2) is 0 Å². The van der Waals surface area contributed by atoms with Gasteiger partial charge in [-0.3, -0.25) is 0 Å². The number of carbonyl (C=O) groups excluding carboxylic acids is 2. The van der Waals surface area contributed by atoms with Crippen LogP contribution in [0.3, 0.4) is 0 Å². The number of rotatable bonds is 7.